The van der Waals surface area contributed by atoms with Crippen LogP contribution >= 0.6 is 0 Å². The minimum Gasteiger partial charge on any atom is -0.394 e. The van der Waals surface area contributed by atoms with E-state index in [4.69, 9.17) is 9.84 Å². The van der Waals surface area contributed by atoms with Crippen LogP contribution in [0.25, 0.3) is 0 Å². The minimum atomic E-state index is -2.25. The normalized spacial score (nSPS) is 35.9. The number of nitrogens with one attached hydrogen (secondary N) is 1. The van der Waals surface area contributed by atoms with E-state index in [1.807, 2.05) is 4.98 Å². The zero-order valence-corrected chi connectivity index (χ0v) is 9.54. The fourth-order valence-electron chi connectivity index (χ4n) is 1.97. The number of alkyl halides is 1. The lowest BCUT2D eigenvalue weighted by Gasteiger charge is -2.24. The van der Waals surface area contributed by atoms with Gasteiger partial charge in [0.15, 0.2) is 11.9 Å². The molecular weight excluding hydrogens is 247 g/mol. The highest BCUT2D eigenvalue weighted by Gasteiger charge is 2.54. The van der Waals surface area contributed by atoms with Crippen LogP contribution in [0.4, 0.5) is 4.39 Å². The summed E-state index contributed by atoms with van der Waals surface area (Å²) in [5.41, 5.74) is -3.72. The number of aromatic nitrogens is 2. The third kappa shape index (κ3) is 1.88. The molecule has 0 aliphatic carbocycles. The van der Waals surface area contributed by atoms with Crippen molar-refractivity contribution in [1.82, 2.24) is 9.55 Å². The second kappa shape index (κ2) is 4.30. The Balaban J connectivity index is 2.45. The van der Waals surface area contributed by atoms with Crippen molar-refractivity contribution in [3.05, 3.63) is 33.1 Å². The van der Waals surface area contributed by atoms with Gasteiger partial charge in [-0.25, -0.2) is 9.18 Å². The molecule has 1 aromatic rings. The van der Waals surface area contributed by atoms with Gasteiger partial charge in [-0.3, -0.25) is 14.3 Å². The first-order valence-electron chi connectivity index (χ1n) is 5.32. The van der Waals surface area contributed by atoms with E-state index < -0.39 is 42.0 Å². The highest BCUT2D eigenvalue weighted by Crippen LogP contribution is 2.40. The monoisotopic (exact) mass is 260 g/mol. The van der Waals surface area contributed by atoms with Gasteiger partial charge in [-0.15, -0.1) is 0 Å². The molecule has 1 aliphatic rings. The van der Waals surface area contributed by atoms with Crippen molar-refractivity contribution in [2.45, 2.75) is 31.0 Å². The molecule has 2 rings (SSSR count). The fraction of sp³-hybridized carbons (Fsp3) is 0.600. The molecule has 0 saturated carbocycles. The summed E-state index contributed by atoms with van der Waals surface area (Å²) in [5, 5.41) is 18.6. The van der Waals surface area contributed by atoms with Gasteiger partial charge in [0.25, 0.3) is 5.56 Å². The third-order valence-electron chi connectivity index (χ3n) is 3.00. The molecule has 0 amide bonds. The highest BCUT2D eigenvalue weighted by atomic mass is 19.1. The van der Waals surface area contributed by atoms with Crippen molar-refractivity contribution in [3.63, 3.8) is 0 Å². The Morgan fingerprint density at radius 3 is 2.78 bits per heavy atom. The molecule has 0 bridgehead atoms. The van der Waals surface area contributed by atoms with Crippen molar-refractivity contribution >= 4 is 0 Å². The average molecular weight is 260 g/mol. The van der Waals surface area contributed by atoms with E-state index in [0.29, 0.717) is 0 Å². The number of hydrogen-bond donors (Lipinski definition) is 3. The van der Waals surface area contributed by atoms with Crippen molar-refractivity contribution in [1.29, 1.82) is 0 Å². The van der Waals surface area contributed by atoms with Gasteiger partial charge >= 0.3 is 5.69 Å². The van der Waals surface area contributed by atoms with E-state index >= 15 is 0 Å². The smallest absolute Gasteiger partial charge is 0.330 e. The van der Waals surface area contributed by atoms with E-state index in [1.165, 1.54) is 0 Å². The summed E-state index contributed by atoms with van der Waals surface area (Å²) in [6, 6.07) is 1.04. The lowest BCUT2D eigenvalue weighted by Crippen LogP contribution is -2.43. The van der Waals surface area contributed by atoms with Crippen molar-refractivity contribution in [2.75, 3.05) is 6.61 Å². The van der Waals surface area contributed by atoms with Gasteiger partial charge in [-0.1, -0.05) is 0 Å². The number of nitrogens with zero attached hydrogens (tertiary/aromatic N) is 1. The van der Waals surface area contributed by atoms with Crippen LogP contribution in [0.15, 0.2) is 21.9 Å². The lowest BCUT2D eigenvalue weighted by molar-refractivity contribution is -0.0611. The zero-order chi connectivity index (χ0) is 13.5. The average Bonchev–Trinajstić information content (AvgIpc) is 2.52. The Morgan fingerprint density at radius 2 is 2.28 bits per heavy atom. The number of aliphatic hydroxyl groups is 2. The van der Waals surface area contributed by atoms with Gasteiger partial charge in [0, 0.05) is 12.3 Å². The Morgan fingerprint density at radius 1 is 1.61 bits per heavy atom. The van der Waals surface area contributed by atoms with Crippen LogP contribution < -0.4 is 11.2 Å². The van der Waals surface area contributed by atoms with E-state index in [2.05, 4.69) is 0 Å². The number of halogens is 1. The molecule has 3 N–H and O–H groups in total. The zero-order valence-electron chi connectivity index (χ0n) is 9.54. The number of H-pyrrole nitrogens is 1. The van der Waals surface area contributed by atoms with Crippen LogP contribution in [0.3, 0.4) is 0 Å². The highest BCUT2D eigenvalue weighted by molar-refractivity contribution is 5.01. The number of aromatic amines is 1. The van der Waals surface area contributed by atoms with Gasteiger partial charge in [0.05, 0.1) is 6.61 Å². The van der Waals surface area contributed by atoms with Gasteiger partial charge in [-0.2, -0.15) is 0 Å². The van der Waals surface area contributed by atoms with Crippen LogP contribution in [0.2, 0.25) is 0 Å². The third-order valence-corrected chi connectivity index (χ3v) is 3.00. The molecule has 7 nitrogen and oxygen atoms in total. The maximum Gasteiger partial charge on any atom is 0.330 e. The molecule has 0 radical (unpaired) electrons. The van der Waals surface area contributed by atoms with Crippen LogP contribution in [0.5, 0.6) is 0 Å². The number of aliphatic hydroxyl groups excluding tert-OH is 2. The van der Waals surface area contributed by atoms with Gasteiger partial charge in [0.1, 0.15) is 12.2 Å². The van der Waals surface area contributed by atoms with Gasteiger partial charge in [0.2, 0.25) is 0 Å². The molecule has 1 saturated heterocycles. The topological polar surface area (TPSA) is 105 Å². The standard InChI is InChI=1S/C10H13FN2O5/c1-10(11)7(16)5(4-14)18-8(10)13-3-2-6(15)12-9(13)17/h2-3,5,7-8,14,16H,4H2,1H3,(H,12,15,17)/t5?,7-,8?,10-/m1/s1. The Kier molecular flexibility index (Phi) is 3.09. The maximum atomic E-state index is 14.3. The lowest BCUT2D eigenvalue weighted by atomic mass is 9.98. The second-order valence-corrected chi connectivity index (χ2v) is 4.32. The molecule has 1 fully saturated rings. The van der Waals surface area contributed by atoms with Crippen LogP contribution in [0, 0.1) is 0 Å². The van der Waals surface area contributed by atoms with E-state index in [0.717, 1.165) is 23.8 Å². The molecule has 1 aliphatic heterocycles. The van der Waals surface area contributed by atoms with Crippen molar-refractivity contribution in [3.8, 4) is 0 Å². The Hall–Kier alpha value is -1.51. The largest absolute Gasteiger partial charge is 0.394 e. The predicted molar refractivity (Wildman–Crippen MR) is 57.8 cm³/mol. The van der Waals surface area contributed by atoms with Crippen molar-refractivity contribution < 1.29 is 19.3 Å². The summed E-state index contributed by atoms with van der Waals surface area (Å²) >= 11 is 0. The number of hydrogen-bond acceptors (Lipinski definition) is 5. The Labute approximate surface area is 100 Å². The molecule has 8 heteroatoms. The molecule has 1 aromatic heterocycles. The maximum absolute atomic E-state index is 14.3. The summed E-state index contributed by atoms with van der Waals surface area (Å²) in [7, 11) is 0. The SMILES string of the molecule is C[C@]1(F)C(n2ccc(=O)[nH]c2=O)OC(CO)[C@H]1O. The fourth-order valence-corrected chi connectivity index (χ4v) is 1.97. The minimum absolute atomic E-state index is 0.574. The Bertz CT molecular complexity index is 552. The van der Waals surface area contributed by atoms with Crippen LogP contribution in [-0.2, 0) is 4.74 Å². The first-order chi connectivity index (χ1) is 8.37. The summed E-state index contributed by atoms with van der Waals surface area (Å²) in [6.07, 6.45) is -3.01. The second-order valence-electron chi connectivity index (χ2n) is 4.32. The van der Waals surface area contributed by atoms with Crippen LogP contribution in [-0.4, -0.2) is 44.2 Å². The van der Waals surface area contributed by atoms with E-state index in [-0.39, 0.29) is 0 Å². The first-order valence-corrected chi connectivity index (χ1v) is 5.32. The van der Waals surface area contributed by atoms with Gasteiger partial charge in [-0.05, 0) is 6.92 Å². The summed E-state index contributed by atoms with van der Waals surface area (Å²) in [6.45, 7) is 0.491. The predicted octanol–water partition coefficient (Wildman–Crippen LogP) is -1.48. The van der Waals surface area contributed by atoms with E-state index in [1.54, 1.807) is 0 Å². The quantitative estimate of drug-likeness (QED) is 0.601. The first kappa shape index (κ1) is 12.9. The number of ether oxygens (including phenoxy) is 1. The van der Waals surface area contributed by atoms with Gasteiger partial charge < -0.3 is 14.9 Å². The number of rotatable bonds is 2. The molecule has 0 aromatic carbocycles. The summed E-state index contributed by atoms with van der Waals surface area (Å²) in [4.78, 5) is 24.4. The molecule has 2 heterocycles. The summed E-state index contributed by atoms with van der Waals surface area (Å²) in [5.74, 6) is 0. The molecular formula is C10H13FN2O5. The molecule has 0 spiro atoms. The summed E-state index contributed by atoms with van der Waals surface area (Å²) < 4.78 is 20.3. The molecule has 2 unspecified atom stereocenters. The van der Waals surface area contributed by atoms with Crippen molar-refractivity contribution in [2.24, 2.45) is 0 Å². The van der Waals surface area contributed by atoms with E-state index in [9.17, 15) is 19.1 Å². The van der Waals surface area contributed by atoms with Crippen LogP contribution in [0.1, 0.15) is 13.2 Å². The molecule has 18 heavy (non-hydrogen) atoms. The molecule has 4 atom stereocenters. The molecule has 100 valence electrons.